The van der Waals surface area contributed by atoms with Crippen LogP contribution in [0.5, 0.6) is 11.5 Å². The summed E-state index contributed by atoms with van der Waals surface area (Å²) in [4.78, 5) is 14.2. The minimum absolute atomic E-state index is 0.156. The molecule has 144 valence electrons. The van der Waals surface area contributed by atoms with E-state index in [0.717, 1.165) is 11.3 Å². The van der Waals surface area contributed by atoms with E-state index in [0.29, 0.717) is 29.6 Å². The van der Waals surface area contributed by atoms with Crippen LogP contribution >= 0.6 is 12.2 Å². The molecule has 0 aliphatic heterocycles. The van der Waals surface area contributed by atoms with Crippen LogP contribution in [0.2, 0.25) is 0 Å². The number of benzene rings is 2. The maximum absolute atomic E-state index is 12.4. The third kappa shape index (κ3) is 6.14. The Morgan fingerprint density at radius 1 is 1.07 bits per heavy atom. The number of thiocarbonyl (C=S) groups is 1. The van der Waals surface area contributed by atoms with Crippen LogP contribution in [-0.4, -0.2) is 43.2 Å². The molecule has 0 atom stereocenters. The minimum atomic E-state index is -0.157. The van der Waals surface area contributed by atoms with E-state index < -0.39 is 0 Å². The van der Waals surface area contributed by atoms with E-state index in [9.17, 15) is 4.79 Å². The van der Waals surface area contributed by atoms with Crippen molar-refractivity contribution >= 4 is 28.9 Å². The van der Waals surface area contributed by atoms with Crippen LogP contribution in [0.15, 0.2) is 48.5 Å². The molecular weight excluding hydrogens is 362 g/mol. The monoisotopic (exact) mass is 387 g/mol. The Morgan fingerprint density at radius 2 is 1.78 bits per heavy atom. The lowest BCUT2D eigenvalue weighted by Gasteiger charge is -2.24. The van der Waals surface area contributed by atoms with Gasteiger partial charge in [0.15, 0.2) is 5.11 Å². The second kappa shape index (κ2) is 10.4. The van der Waals surface area contributed by atoms with Gasteiger partial charge < -0.3 is 25.0 Å². The molecule has 2 aromatic rings. The molecule has 0 aromatic heterocycles. The minimum Gasteiger partial charge on any atom is -0.497 e. The van der Waals surface area contributed by atoms with Crippen LogP contribution in [0.1, 0.15) is 12.5 Å². The molecule has 2 aromatic carbocycles. The maximum atomic E-state index is 12.4. The number of methoxy groups -OCH3 is 2. The molecule has 0 spiro atoms. The highest BCUT2D eigenvalue weighted by Gasteiger charge is 2.14. The number of amides is 1. The Labute approximate surface area is 165 Å². The zero-order valence-electron chi connectivity index (χ0n) is 15.8. The van der Waals surface area contributed by atoms with Crippen LogP contribution < -0.4 is 20.1 Å². The predicted molar refractivity (Wildman–Crippen MR) is 111 cm³/mol. The highest BCUT2D eigenvalue weighted by molar-refractivity contribution is 7.80. The van der Waals surface area contributed by atoms with Gasteiger partial charge in [0.25, 0.3) is 0 Å². The summed E-state index contributed by atoms with van der Waals surface area (Å²) < 4.78 is 10.4. The summed E-state index contributed by atoms with van der Waals surface area (Å²) in [6.45, 7) is 3.31. The Hall–Kier alpha value is -2.80. The van der Waals surface area contributed by atoms with Gasteiger partial charge in [0, 0.05) is 13.1 Å². The first-order valence-corrected chi connectivity index (χ1v) is 9.06. The van der Waals surface area contributed by atoms with Crippen molar-refractivity contribution in [2.45, 2.75) is 13.5 Å². The summed E-state index contributed by atoms with van der Waals surface area (Å²) in [5, 5.41) is 6.58. The van der Waals surface area contributed by atoms with E-state index in [-0.39, 0.29) is 12.5 Å². The fourth-order valence-corrected chi connectivity index (χ4v) is 2.74. The van der Waals surface area contributed by atoms with E-state index in [1.807, 2.05) is 48.2 Å². The van der Waals surface area contributed by atoms with Crippen LogP contribution in [0.4, 0.5) is 5.69 Å². The molecule has 0 aliphatic rings. The van der Waals surface area contributed by atoms with Gasteiger partial charge in [-0.2, -0.15) is 0 Å². The summed E-state index contributed by atoms with van der Waals surface area (Å²) in [7, 11) is 3.21. The Bertz CT molecular complexity index is 765. The summed E-state index contributed by atoms with van der Waals surface area (Å²) >= 11 is 5.44. The number of hydrogen-bond donors (Lipinski definition) is 2. The predicted octanol–water partition coefficient (Wildman–Crippen LogP) is 3.04. The molecule has 27 heavy (non-hydrogen) atoms. The van der Waals surface area contributed by atoms with E-state index in [1.54, 1.807) is 26.4 Å². The van der Waals surface area contributed by atoms with Crippen molar-refractivity contribution in [2.24, 2.45) is 0 Å². The van der Waals surface area contributed by atoms with E-state index in [2.05, 4.69) is 10.6 Å². The topological polar surface area (TPSA) is 62.8 Å². The SMILES string of the molecule is CCN(CC(=O)Nc1ccccc1OC)C(=S)NCc1ccc(OC)cc1. The van der Waals surface area contributed by atoms with Crippen molar-refractivity contribution in [2.75, 3.05) is 32.6 Å². The lowest BCUT2D eigenvalue weighted by Crippen LogP contribution is -2.43. The summed E-state index contributed by atoms with van der Waals surface area (Å²) in [6.07, 6.45) is 0. The van der Waals surface area contributed by atoms with Crippen molar-refractivity contribution < 1.29 is 14.3 Å². The number of nitrogens with one attached hydrogen (secondary N) is 2. The van der Waals surface area contributed by atoms with Crippen LogP contribution in [0.25, 0.3) is 0 Å². The van der Waals surface area contributed by atoms with Gasteiger partial charge in [-0.25, -0.2) is 0 Å². The second-order valence-corrected chi connectivity index (χ2v) is 6.16. The largest absolute Gasteiger partial charge is 0.497 e. The van der Waals surface area contributed by atoms with Gasteiger partial charge >= 0.3 is 0 Å². The quantitative estimate of drug-likeness (QED) is 0.679. The number of anilines is 1. The third-order valence-electron chi connectivity index (χ3n) is 3.99. The Balaban J connectivity index is 1.88. The number of likely N-dealkylation sites (N-methyl/N-ethyl adjacent to an activating group) is 1. The molecule has 6 nitrogen and oxygen atoms in total. The fourth-order valence-electron chi connectivity index (χ4n) is 2.47. The third-order valence-corrected chi connectivity index (χ3v) is 4.39. The van der Waals surface area contributed by atoms with Gasteiger partial charge in [-0.3, -0.25) is 4.79 Å². The van der Waals surface area contributed by atoms with Gasteiger partial charge in [-0.15, -0.1) is 0 Å². The van der Waals surface area contributed by atoms with Crippen molar-refractivity contribution in [3.8, 4) is 11.5 Å². The van der Waals surface area contributed by atoms with Crippen LogP contribution in [0.3, 0.4) is 0 Å². The lowest BCUT2D eigenvalue weighted by atomic mass is 10.2. The first kappa shape index (κ1) is 20.5. The molecule has 0 heterocycles. The molecule has 0 fully saturated rings. The molecule has 0 bridgehead atoms. The van der Waals surface area contributed by atoms with Gasteiger partial charge in [0.1, 0.15) is 11.5 Å². The first-order valence-electron chi connectivity index (χ1n) is 8.66. The number of carbonyl (C=O) groups is 1. The number of carbonyl (C=O) groups excluding carboxylic acids is 1. The molecule has 0 saturated heterocycles. The molecule has 0 aliphatic carbocycles. The van der Waals surface area contributed by atoms with Crippen molar-refractivity contribution in [1.82, 2.24) is 10.2 Å². The van der Waals surface area contributed by atoms with E-state index in [4.69, 9.17) is 21.7 Å². The summed E-state index contributed by atoms with van der Waals surface area (Å²) in [6, 6.07) is 15.0. The number of hydrogen-bond acceptors (Lipinski definition) is 4. The number of ether oxygens (including phenoxy) is 2. The molecule has 0 saturated carbocycles. The molecule has 0 radical (unpaired) electrons. The zero-order chi connectivity index (χ0) is 19.6. The molecule has 2 rings (SSSR count). The van der Waals surface area contributed by atoms with Crippen LogP contribution in [0, 0.1) is 0 Å². The van der Waals surface area contributed by atoms with Crippen molar-refractivity contribution in [3.05, 3.63) is 54.1 Å². The van der Waals surface area contributed by atoms with Gasteiger partial charge in [0.05, 0.1) is 26.5 Å². The second-order valence-electron chi connectivity index (χ2n) is 5.77. The highest BCUT2D eigenvalue weighted by atomic mass is 32.1. The van der Waals surface area contributed by atoms with E-state index in [1.165, 1.54) is 0 Å². The molecule has 0 unspecified atom stereocenters. The molecule has 1 amide bonds. The lowest BCUT2D eigenvalue weighted by molar-refractivity contribution is -0.116. The molecule has 2 N–H and O–H groups in total. The molecular formula is C20H25N3O3S. The number of nitrogens with zero attached hydrogens (tertiary/aromatic N) is 1. The zero-order valence-corrected chi connectivity index (χ0v) is 16.6. The molecule has 7 heteroatoms. The maximum Gasteiger partial charge on any atom is 0.244 e. The van der Waals surface area contributed by atoms with Gasteiger partial charge in [0.2, 0.25) is 5.91 Å². The Morgan fingerprint density at radius 3 is 2.41 bits per heavy atom. The summed E-state index contributed by atoms with van der Waals surface area (Å²) in [5.74, 6) is 1.27. The first-order chi connectivity index (χ1) is 13.1. The number of para-hydroxylation sites is 2. The fraction of sp³-hybridized carbons (Fsp3) is 0.300. The van der Waals surface area contributed by atoms with Crippen molar-refractivity contribution in [1.29, 1.82) is 0 Å². The highest BCUT2D eigenvalue weighted by Crippen LogP contribution is 2.22. The smallest absolute Gasteiger partial charge is 0.244 e. The average Bonchev–Trinajstić information content (AvgIpc) is 2.71. The van der Waals surface area contributed by atoms with Gasteiger partial charge in [-0.05, 0) is 49.0 Å². The average molecular weight is 388 g/mol. The van der Waals surface area contributed by atoms with Gasteiger partial charge in [-0.1, -0.05) is 24.3 Å². The van der Waals surface area contributed by atoms with Crippen molar-refractivity contribution in [3.63, 3.8) is 0 Å². The van der Waals surface area contributed by atoms with E-state index >= 15 is 0 Å². The summed E-state index contributed by atoms with van der Waals surface area (Å²) in [5.41, 5.74) is 1.71. The standard InChI is InChI=1S/C20H25N3O3S/c1-4-23(14-19(24)22-17-7-5-6-8-18(17)26-3)20(27)21-13-15-9-11-16(25-2)12-10-15/h5-12H,4,13-14H2,1-3H3,(H,21,27)(H,22,24). The Kier molecular flexibility index (Phi) is 7.88. The number of rotatable bonds is 8. The van der Waals surface area contributed by atoms with Crippen LogP contribution in [-0.2, 0) is 11.3 Å². The normalized spacial score (nSPS) is 10.0.